The van der Waals surface area contributed by atoms with Gasteiger partial charge in [0.15, 0.2) is 0 Å². The Kier molecular flexibility index (Phi) is 7.44. The number of aliphatic carboxylic acids is 1. The predicted octanol–water partition coefficient (Wildman–Crippen LogP) is 5.92. The summed E-state index contributed by atoms with van der Waals surface area (Å²) < 4.78 is 32.8. The van der Waals surface area contributed by atoms with E-state index in [-0.39, 0.29) is 11.5 Å². The Morgan fingerprint density at radius 2 is 1.91 bits per heavy atom. The second kappa shape index (κ2) is 9.81. The highest BCUT2D eigenvalue weighted by molar-refractivity contribution is 7.66. The quantitative estimate of drug-likeness (QED) is 0.294. The van der Waals surface area contributed by atoms with Gasteiger partial charge in [0.25, 0.3) is 7.37 Å². The molecule has 0 saturated carbocycles. The molecule has 0 amide bonds. The Morgan fingerprint density at radius 3 is 2.35 bits per heavy atom. The molecule has 3 rings (SSSR count). The lowest BCUT2D eigenvalue weighted by Crippen LogP contribution is -2.46. The van der Waals surface area contributed by atoms with Crippen LogP contribution in [0.15, 0.2) is 47.8 Å². The number of benzene rings is 1. The van der Waals surface area contributed by atoms with Gasteiger partial charge in [-0.05, 0) is 59.3 Å². The Morgan fingerprint density at radius 1 is 1.26 bits per heavy atom. The molecule has 34 heavy (non-hydrogen) atoms. The molecule has 0 aliphatic rings. The number of halogens is 1. The van der Waals surface area contributed by atoms with E-state index >= 15 is 0 Å². The molecule has 0 aliphatic heterocycles. The first-order valence-electron chi connectivity index (χ1n) is 10.4. The number of carboxylic acid groups (broad SMARTS) is 1. The third-order valence-corrected chi connectivity index (χ3v) is 9.19. The molecule has 1 aromatic carbocycles. The topological polar surface area (TPSA) is 96.7 Å². The van der Waals surface area contributed by atoms with E-state index in [0.717, 1.165) is 12.0 Å². The van der Waals surface area contributed by atoms with Gasteiger partial charge < -0.3 is 14.7 Å². The van der Waals surface area contributed by atoms with Crippen molar-refractivity contribution >= 4 is 24.7 Å². The number of hydrogen-bond acceptors (Lipinski definition) is 6. The van der Waals surface area contributed by atoms with Crippen LogP contribution in [0.2, 0.25) is 0 Å². The number of nitrogens with zero attached hydrogens (tertiary/aromatic N) is 1. The maximum atomic E-state index is 13.9. The van der Waals surface area contributed by atoms with Gasteiger partial charge in [-0.25, -0.2) is 4.39 Å². The summed E-state index contributed by atoms with van der Waals surface area (Å²) in [5.74, 6) is -2.44. The van der Waals surface area contributed by atoms with E-state index < -0.39 is 30.4 Å². The average Bonchev–Trinajstić information content (AvgIpc) is 3.34. The molecule has 2 aromatic heterocycles. The van der Waals surface area contributed by atoms with Crippen LogP contribution in [0.25, 0.3) is 21.7 Å². The molecular weight excluding hydrogens is 476 g/mol. The number of carbonyl (C=O) groups is 1. The van der Waals surface area contributed by atoms with Crippen molar-refractivity contribution in [3.05, 3.63) is 64.9 Å². The molecule has 0 aliphatic carbocycles. The minimum absolute atomic E-state index is 0.0138. The summed E-state index contributed by atoms with van der Waals surface area (Å²) in [6, 6.07) is 10.8. The van der Waals surface area contributed by atoms with Gasteiger partial charge in [-0.3, -0.25) is 14.3 Å². The molecule has 3 aromatic rings. The lowest BCUT2D eigenvalue weighted by atomic mass is 9.82. The molecule has 2 N–H and O–H groups in total. The van der Waals surface area contributed by atoms with Gasteiger partial charge in [0.1, 0.15) is 5.82 Å². The lowest BCUT2D eigenvalue weighted by molar-refractivity contribution is -0.144. The molecule has 0 spiro atoms. The summed E-state index contributed by atoms with van der Waals surface area (Å²) in [4.78, 5) is 18.5. The van der Waals surface area contributed by atoms with E-state index in [4.69, 9.17) is 15.9 Å². The Labute approximate surface area is 201 Å². The summed E-state index contributed by atoms with van der Waals surface area (Å²) in [7, 11) is -3.43. The van der Waals surface area contributed by atoms with E-state index in [1.54, 1.807) is 19.9 Å². The highest BCUT2D eigenvalue weighted by atomic mass is 32.1. The van der Waals surface area contributed by atoms with Crippen molar-refractivity contribution < 1.29 is 28.5 Å². The molecule has 3 atom stereocenters. The standard InChI is InChI=1S/C25H25FNO5PS/c1-6-33(31,32-5)25(16(4)28,24(29)30)22-19(17-9-11-18(26)12-10-17)14-20(21-8-7-13-34-21)27-23(22)15(2)3/h1,7-16,28H,2-5H3,(H,29,30). The Balaban J connectivity index is 2.61. The number of rotatable bonds is 8. The van der Waals surface area contributed by atoms with Crippen LogP contribution in [0.1, 0.15) is 37.9 Å². The highest BCUT2D eigenvalue weighted by Crippen LogP contribution is 2.66. The van der Waals surface area contributed by atoms with E-state index in [0.29, 0.717) is 22.5 Å². The fourth-order valence-electron chi connectivity index (χ4n) is 4.10. The SMILES string of the molecule is C#CP(=O)(OC)C(C(=O)O)(c1c(-c2ccc(F)cc2)cc(-c2cccs2)nc1C(C)C)C(C)O. The number of aromatic nitrogens is 1. The summed E-state index contributed by atoms with van der Waals surface area (Å²) in [5, 5.41) is 20.8. The number of aliphatic hydroxyl groups excluding tert-OH is 1. The highest BCUT2D eigenvalue weighted by Gasteiger charge is 2.62. The third kappa shape index (κ3) is 4.10. The zero-order valence-electron chi connectivity index (χ0n) is 19.2. The van der Waals surface area contributed by atoms with Crippen LogP contribution in [0, 0.1) is 17.9 Å². The summed E-state index contributed by atoms with van der Waals surface area (Å²) in [5.41, 5.74) is 3.63. The smallest absolute Gasteiger partial charge is 0.327 e. The Hall–Kier alpha value is -2.82. The van der Waals surface area contributed by atoms with Gasteiger partial charge in [-0.1, -0.05) is 32.0 Å². The van der Waals surface area contributed by atoms with Crippen LogP contribution < -0.4 is 0 Å². The number of thiophene rings is 1. The lowest BCUT2D eigenvalue weighted by Gasteiger charge is -2.38. The molecule has 6 nitrogen and oxygen atoms in total. The van der Waals surface area contributed by atoms with Gasteiger partial charge in [-0.2, -0.15) is 0 Å². The van der Waals surface area contributed by atoms with E-state index in [1.165, 1.54) is 42.5 Å². The molecule has 178 valence electrons. The van der Waals surface area contributed by atoms with Crippen LogP contribution in [-0.4, -0.2) is 34.4 Å². The maximum absolute atomic E-state index is 13.9. The number of pyridine rings is 1. The van der Waals surface area contributed by atoms with Crippen LogP contribution in [0.5, 0.6) is 0 Å². The molecule has 3 unspecified atom stereocenters. The maximum Gasteiger partial charge on any atom is 0.327 e. The van der Waals surface area contributed by atoms with Crippen molar-refractivity contribution in [2.45, 2.75) is 37.9 Å². The monoisotopic (exact) mass is 501 g/mol. The molecule has 0 bridgehead atoms. The zero-order valence-corrected chi connectivity index (χ0v) is 20.9. The minimum atomic E-state index is -4.49. The molecule has 9 heteroatoms. The third-order valence-electron chi connectivity index (χ3n) is 5.73. The van der Waals surface area contributed by atoms with E-state index in [9.17, 15) is 24.0 Å². The number of terminal acetylenes is 1. The molecular formula is C25H25FNO5PS. The van der Waals surface area contributed by atoms with Crippen LogP contribution in [0.3, 0.4) is 0 Å². The van der Waals surface area contributed by atoms with E-state index in [2.05, 4.69) is 0 Å². The number of hydrogen-bond donors (Lipinski definition) is 2. The molecule has 0 fully saturated rings. The first kappa shape index (κ1) is 25.8. The number of aliphatic hydroxyl groups is 1. The normalized spacial score (nSPS) is 15.8. The fraction of sp³-hybridized carbons (Fsp3) is 0.280. The predicted molar refractivity (Wildman–Crippen MR) is 131 cm³/mol. The molecule has 2 heterocycles. The molecule has 0 saturated heterocycles. The summed E-state index contributed by atoms with van der Waals surface area (Å²) >= 11 is 1.44. The van der Waals surface area contributed by atoms with Crippen molar-refractivity contribution in [3.8, 4) is 33.8 Å². The fourth-order valence-corrected chi connectivity index (χ4v) is 6.66. The van der Waals surface area contributed by atoms with Gasteiger partial charge in [0.05, 0.1) is 16.7 Å². The van der Waals surface area contributed by atoms with Crippen molar-refractivity contribution in [2.24, 2.45) is 0 Å². The van der Waals surface area contributed by atoms with Crippen LogP contribution in [0.4, 0.5) is 4.39 Å². The van der Waals surface area contributed by atoms with Crippen molar-refractivity contribution in [3.63, 3.8) is 0 Å². The van der Waals surface area contributed by atoms with Crippen molar-refractivity contribution in [2.75, 3.05) is 7.11 Å². The molecule has 0 radical (unpaired) electrons. The van der Waals surface area contributed by atoms with Gasteiger partial charge in [0, 0.05) is 18.4 Å². The van der Waals surface area contributed by atoms with Gasteiger partial charge in [0.2, 0.25) is 5.16 Å². The second-order valence-electron chi connectivity index (χ2n) is 8.06. The van der Waals surface area contributed by atoms with Crippen molar-refractivity contribution in [1.29, 1.82) is 0 Å². The zero-order chi connectivity index (χ0) is 25.3. The van der Waals surface area contributed by atoms with Crippen LogP contribution >= 0.6 is 18.7 Å². The average molecular weight is 502 g/mol. The second-order valence-corrected chi connectivity index (χ2v) is 11.4. The van der Waals surface area contributed by atoms with Crippen LogP contribution in [-0.2, 0) is 19.0 Å². The van der Waals surface area contributed by atoms with Gasteiger partial charge in [-0.15, -0.1) is 17.8 Å². The van der Waals surface area contributed by atoms with E-state index in [1.807, 2.05) is 23.2 Å². The Bertz CT molecular complexity index is 1280. The van der Waals surface area contributed by atoms with Gasteiger partial charge >= 0.3 is 5.97 Å². The first-order valence-corrected chi connectivity index (χ1v) is 12.9. The largest absolute Gasteiger partial charge is 0.480 e. The summed E-state index contributed by atoms with van der Waals surface area (Å²) in [6.07, 6.45) is 3.85. The first-order chi connectivity index (χ1) is 16.0. The summed E-state index contributed by atoms with van der Waals surface area (Å²) in [6.45, 7) is 4.82. The number of carboxylic acids is 1. The van der Waals surface area contributed by atoms with Crippen molar-refractivity contribution in [1.82, 2.24) is 4.98 Å². The minimum Gasteiger partial charge on any atom is -0.480 e.